The van der Waals surface area contributed by atoms with Gasteiger partial charge in [-0.25, -0.2) is 4.98 Å². The van der Waals surface area contributed by atoms with E-state index in [-0.39, 0.29) is 5.91 Å². The van der Waals surface area contributed by atoms with Crippen LogP contribution in [0.4, 0.5) is 5.69 Å². The third-order valence-electron chi connectivity index (χ3n) is 5.02. The van der Waals surface area contributed by atoms with Crippen molar-refractivity contribution >= 4 is 22.6 Å². The number of amides is 1. The van der Waals surface area contributed by atoms with Crippen molar-refractivity contribution in [3.05, 3.63) is 78.0 Å². The molecule has 6 heteroatoms. The fourth-order valence-corrected chi connectivity index (χ4v) is 3.55. The number of benzene rings is 2. The number of hydrogen-bond donors (Lipinski definition) is 2. The second-order valence-electron chi connectivity index (χ2n) is 7.23. The SMILES string of the molecule is Cc1nn(C)c2nc(-c3ccccc3)cc(C(=O)NCCCNc3ccccc3)c12. The van der Waals surface area contributed by atoms with E-state index in [1.54, 1.807) is 4.68 Å². The Balaban J connectivity index is 1.51. The van der Waals surface area contributed by atoms with Crippen LogP contribution in [0.5, 0.6) is 0 Å². The van der Waals surface area contributed by atoms with Crippen LogP contribution in [0.15, 0.2) is 66.7 Å². The minimum absolute atomic E-state index is 0.101. The molecule has 2 aromatic heterocycles. The number of aryl methyl sites for hydroxylation is 2. The fraction of sp³-hybridized carbons (Fsp3) is 0.208. The number of nitrogens with zero attached hydrogens (tertiary/aromatic N) is 3. The van der Waals surface area contributed by atoms with Crippen LogP contribution in [0, 0.1) is 6.92 Å². The lowest BCUT2D eigenvalue weighted by atomic mass is 10.0. The van der Waals surface area contributed by atoms with Crippen LogP contribution in [0.2, 0.25) is 0 Å². The molecule has 0 radical (unpaired) electrons. The smallest absolute Gasteiger partial charge is 0.252 e. The molecule has 4 rings (SSSR count). The van der Waals surface area contributed by atoms with Gasteiger partial charge >= 0.3 is 0 Å². The van der Waals surface area contributed by atoms with Gasteiger partial charge < -0.3 is 10.6 Å². The molecule has 6 nitrogen and oxygen atoms in total. The van der Waals surface area contributed by atoms with Crippen molar-refractivity contribution in [2.75, 3.05) is 18.4 Å². The molecule has 30 heavy (non-hydrogen) atoms. The topological polar surface area (TPSA) is 71.8 Å². The van der Waals surface area contributed by atoms with E-state index in [0.29, 0.717) is 17.8 Å². The van der Waals surface area contributed by atoms with Crippen LogP contribution in [0.1, 0.15) is 22.5 Å². The van der Waals surface area contributed by atoms with Crippen molar-refractivity contribution in [1.29, 1.82) is 0 Å². The van der Waals surface area contributed by atoms with Crippen LogP contribution >= 0.6 is 0 Å². The summed E-state index contributed by atoms with van der Waals surface area (Å²) in [5.74, 6) is -0.101. The minimum Gasteiger partial charge on any atom is -0.385 e. The van der Waals surface area contributed by atoms with Crippen LogP contribution < -0.4 is 10.6 Å². The summed E-state index contributed by atoms with van der Waals surface area (Å²) < 4.78 is 1.73. The molecule has 0 aliphatic carbocycles. The van der Waals surface area contributed by atoms with Gasteiger partial charge in [-0.15, -0.1) is 0 Å². The number of rotatable bonds is 7. The molecule has 0 saturated carbocycles. The maximum Gasteiger partial charge on any atom is 0.252 e. The molecule has 0 bridgehead atoms. The maximum absolute atomic E-state index is 13.0. The summed E-state index contributed by atoms with van der Waals surface area (Å²) in [4.78, 5) is 17.8. The van der Waals surface area contributed by atoms with E-state index >= 15 is 0 Å². The highest BCUT2D eigenvalue weighted by atomic mass is 16.1. The first-order valence-electron chi connectivity index (χ1n) is 10.1. The highest BCUT2D eigenvalue weighted by Gasteiger charge is 2.19. The summed E-state index contributed by atoms with van der Waals surface area (Å²) in [6.45, 7) is 3.28. The van der Waals surface area contributed by atoms with Crippen LogP contribution in [-0.2, 0) is 7.05 Å². The Bertz CT molecular complexity index is 1150. The van der Waals surface area contributed by atoms with E-state index in [0.717, 1.165) is 41.0 Å². The van der Waals surface area contributed by atoms with Crippen LogP contribution in [-0.4, -0.2) is 33.8 Å². The van der Waals surface area contributed by atoms with Gasteiger partial charge in [-0.05, 0) is 31.5 Å². The quantitative estimate of drug-likeness (QED) is 0.458. The Hall–Kier alpha value is -3.67. The van der Waals surface area contributed by atoms with E-state index in [2.05, 4.69) is 15.7 Å². The monoisotopic (exact) mass is 399 g/mol. The third kappa shape index (κ3) is 4.17. The summed E-state index contributed by atoms with van der Waals surface area (Å²) in [5.41, 5.74) is 4.94. The largest absolute Gasteiger partial charge is 0.385 e. The van der Waals surface area contributed by atoms with Crippen molar-refractivity contribution in [2.45, 2.75) is 13.3 Å². The Kier molecular flexibility index (Phi) is 5.75. The highest BCUT2D eigenvalue weighted by molar-refractivity contribution is 6.07. The molecule has 0 atom stereocenters. The first kappa shape index (κ1) is 19.6. The number of aromatic nitrogens is 3. The van der Waals surface area contributed by atoms with Crippen molar-refractivity contribution < 1.29 is 4.79 Å². The number of pyridine rings is 1. The number of fused-ring (bicyclic) bond motifs is 1. The molecule has 2 N–H and O–H groups in total. The summed E-state index contributed by atoms with van der Waals surface area (Å²) in [6, 6.07) is 21.8. The van der Waals surface area contributed by atoms with Crippen molar-refractivity contribution in [1.82, 2.24) is 20.1 Å². The molecule has 2 aromatic carbocycles. The van der Waals surface area contributed by atoms with Crippen LogP contribution in [0.25, 0.3) is 22.3 Å². The van der Waals surface area contributed by atoms with Gasteiger partial charge in [0.15, 0.2) is 5.65 Å². The number of carbonyl (C=O) groups excluding carboxylic acids is 1. The standard InChI is InChI=1S/C24H25N5O/c1-17-22-20(24(30)26-15-9-14-25-19-12-7-4-8-13-19)16-21(18-10-5-3-6-11-18)27-23(22)29(2)28-17/h3-8,10-13,16,25H,9,14-15H2,1-2H3,(H,26,30). The Labute approximate surface area is 176 Å². The number of carbonyl (C=O) groups is 1. The Morgan fingerprint density at radius 1 is 1.00 bits per heavy atom. The second kappa shape index (κ2) is 8.78. The van der Waals surface area contributed by atoms with E-state index in [1.807, 2.05) is 80.7 Å². The first-order chi connectivity index (χ1) is 14.6. The predicted octanol–water partition coefficient (Wildman–Crippen LogP) is 4.18. The fourth-order valence-electron chi connectivity index (χ4n) is 3.55. The molecular weight excluding hydrogens is 374 g/mol. The van der Waals surface area contributed by atoms with Gasteiger partial charge in [0.1, 0.15) is 0 Å². The lowest BCUT2D eigenvalue weighted by Crippen LogP contribution is -2.26. The summed E-state index contributed by atoms with van der Waals surface area (Å²) in [7, 11) is 1.86. The minimum atomic E-state index is -0.101. The lowest BCUT2D eigenvalue weighted by molar-refractivity contribution is 0.0955. The van der Waals surface area contributed by atoms with Gasteiger partial charge in [0.2, 0.25) is 0 Å². The van der Waals surface area contributed by atoms with Crippen LogP contribution in [0.3, 0.4) is 0 Å². The molecule has 152 valence electrons. The normalized spacial score (nSPS) is 10.9. The predicted molar refractivity (Wildman–Crippen MR) is 121 cm³/mol. The number of hydrogen-bond acceptors (Lipinski definition) is 4. The second-order valence-corrected chi connectivity index (χ2v) is 7.23. The average molecular weight is 399 g/mol. The van der Waals surface area contributed by atoms with Crippen molar-refractivity contribution in [2.24, 2.45) is 7.05 Å². The van der Waals surface area contributed by atoms with E-state index in [4.69, 9.17) is 4.98 Å². The number of para-hydroxylation sites is 1. The third-order valence-corrected chi connectivity index (χ3v) is 5.02. The zero-order chi connectivity index (χ0) is 20.9. The zero-order valence-electron chi connectivity index (χ0n) is 17.2. The van der Waals surface area contributed by atoms with Gasteiger partial charge in [0.05, 0.1) is 22.3 Å². The van der Waals surface area contributed by atoms with Gasteiger partial charge in [0.25, 0.3) is 5.91 Å². The van der Waals surface area contributed by atoms with Crippen molar-refractivity contribution in [3.8, 4) is 11.3 Å². The molecule has 0 aliphatic heterocycles. The molecule has 0 fully saturated rings. The number of nitrogens with one attached hydrogen (secondary N) is 2. The molecular formula is C24H25N5O. The summed E-state index contributed by atoms with van der Waals surface area (Å²) in [5, 5.41) is 11.7. The van der Waals surface area contributed by atoms with Gasteiger partial charge in [-0.2, -0.15) is 5.10 Å². The first-order valence-corrected chi connectivity index (χ1v) is 10.1. The average Bonchev–Trinajstić information content (AvgIpc) is 3.07. The van der Waals surface area contributed by atoms with Gasteiger partial charge in [-0.1, -0.05) is 48.5 Å². The summed E-state index contributed by atoms with van der Waals surface area (Å²) in [6.07, 6.45) is 0.826. The van der Waals surface area contributed by atoms with E-state index in [1.165, 1.54) is 0 Å². The summed E-state index contributed by atoms with van der Waals surface area (Å²) >= 11 is 0. The Morgan fingerprint density at radius 2 is 1.70 bits per heavy atom. The highest BCUT2D eigenvalue weighted by Crippen LogP contribution is 2.26. The molecule has 0 aliphatic rings. The molecule has 1 amide bonds. The molecule has 0 spiro atoms. The molecule has 2 heterocycles. The maximum atomic E-state index is 13.0. The molecule has 4 aromatic rings. The Morgan fingerprint density at radius 3 is 2.43 bits per heavy atom. The van der Waals surface area contributed by atoms with E-state index in [9.17, 15) is 4.79 Å². The van der Waals surface area contributed by atoms with Gasteiger partial charge in [-0.3, -0.25) is 9.48 Å². The zero-order valence-corrected chi connectivity index (χ0v) is 17.2. The molecule has 0 unspecified atom stereocenters. The van der Waals surface area contributed by atoms with E-state index < -0.39 is 0 Å². The van der Waals surface area contributed by atoms with Gasteiger partial charge in [0, 0.05) is 31.4 Å². The number of anilines is 1. The molecule has 0 saturated heterocycles. The lowest BCUT2D eigenvalue weighted by Gasteiger charge is -2.10. The van der Waals surface area contributed by atoms with Crippen molar-refractivity contribution in [3.63, 3.8) is 0 Å².